The van der Waals surface area contributed by atoms with Gasteiger partial charge in [-0.2, -0.15) is 5.26 Å². The number of nitrogens with zero attached hydrogens (tertiary/aromatic N) is 1. The second kappa shape index (κ2) is 10.6. The average molecular weight is 440 g/mol. The van der Waals surface area contributed by atoms with Crippen LogP contribution in [0.1, 0.15) is 23.5 Å². The fraction of sp³-hybridized carbons (Fsp3) is 0.261. The fourth-order valence-electron chi connectivity index (χ4n) is 3.28. The van der Waals surface area contributed by atoms with Crippen molar-refractivity contribution in [1.29, 1.82) is 5.26 Å². The number of allylic oxidation sites excluding steroid dienone is 1. The second-order valence-electron chi connectivity index (χ2n) is 6.92. The van der Waals surface area contributed by atoms with Crippen LogP contribution >= 0.6 is 11.8 Å². The van der Waals surface area contributed by atoms with Gasteiger partial charge in [0, 0.05) is 18.9 Å². The number of carbonyl (C=O) groups is 2. The minimum atomic E-state index is -0.666. The van der Waals surface area contributed by atoms with Gasteiger partial charge in [0.25, 0.3) is 0 Å². The molecular formula is C23H22FN3O3S. The van der Waals surface area contributed by atoms with Gasteiger partial charge in [0.15, 0.2) is 0 Å². The van der Waals surface area contributed by atoms with Crippen LogP contribution in [-0.2, 0) is 16.0 Å². The molecular weight excluding hydrogens is 417 g/mol. The van der Waals surface area contributed by atoms with E-state index >= 15 is 0 Å². The number of nitriles is 1. The first-order chi connectivity index (χ1) is 15.0. The lowest BCUT2D eigenvalue weighted by atomic mass is 9.87. The molecule has 0 aliphatic carbocycles. The molecule has 0 bridgehead atoms. The Morgan fingerprint density at radius 3 is 2.71 bits per heavy atom. The summed E-state index contributed by atoms with van der Waals surface area (Å²) >= 11 is 1.07. The van der Waals surface area contributed by atoms with Crippen LogP contribution in [0.3, 0.4) is 0 Å². The summed E-state index contributed by atoms with van der Waals surface area (Å²) < 4.78 is 19.4. The molecule has 1 heterocycles. The molecule has 6 nitrogen and oxygen atoms in total. The van der Waals surface area contributed by atoms with E-state index < -0.39 is 11.7 Å². The highest BCUT2D eigenvalue weighted by atomic mass is 32.2. The summed E-state index contributed by atoms with van der Waals surface area (Å²) in [5.74, 6) is -0.849. The third kappa shape index (κ3) is 5.86. The van der Waals surface area contributed by atoms with Gasteiger partial charge >= 0.3 is 0 Å². The van der Waals surface area contributed by atoms with Crippen LogP contribution in [0.25, 0.3) is 0 Å². The predicted molar refractivity (Wildman–Crippen MR) is 117 cm³/mol. The minimum absolute atomic E-state index is 0.0120. The molecule has 0 radical (unpaired) electrons. The zero-order valence-corrected chi connectivity index (χ0v) is 17.8. The molecule has 0 saturated heterocycles. The zero-order chi connectivity index (χ0) is 22.2. The number of amides is 2. The Kier molecular flexibility index (Phi) is 7.68. The molecule has 0 aromatic heterocycles. The van der Waals surface area contributed by atoms with Gasteiger partial charge in [-0.05, 0) is 35.7 Å². The summed E-state index contributed by atoms with van der Waals surface area (Å²) in [4.78, 5) is 24.4. The van der Waals surface area contributed by atoms with Gasteiger partial charge in [-0.25, -0.2) is 4.39 Å². The monoisotopic (exact) mass is 439 g/mol. The molecule has 1 aliphatic heterocycles. The third-order valence-corrected chi connectivity index (χ3v) is 5.90. The van der Waals surface area contributed by atoms with E-state index in [1.807, 2.05) is 24.3 Å². The lowest BCUT2D eigenvalue weighted by Crippen LogP contribution is -2.32. The Labute approximate surface area is 184 Å². The number of nitrogens with one attached hydrogen (secondary N) is 2. The van der Waals surface area contributed by atoms with E-state index in [2.05, 4.69) is 16.7 Å². The van der Waals surface area contributed by atoms with E-state index in [4.69, 9.17) is 4.74 Å². The van der Waals surface area contributed by atoms with Crippen molar-refractivity contribution in [2.45, 2.75) is 18.8 Å². The van der Waals surface area contributed by atoms with Crippen molar-refractivity contribution in [3.63, 3.8) is 0 Å². The van der Waals surface area contributed by atoms with Gasteiger partial charge in [-0.1, -0.05) is 42.1 Å². The van der Waals surface area contributed by atoms with Crippen molar-refractivity contribution < 1.29 is 18.7 Å². The summed E-state index contributed by atoms with van der Waals surface area (Å²) in [5, 5.41) is 15.4. The molecule has 0 fully saturated rings. The molecule has 2 N–H and O–H groups in total. The Hall–Kier alpha value is -3.31. The largest absolute Gasteiger partial charge is 0.497 e. The SMILES string of the molecule is COc1ccc(CCNC(=O)CSC2=C(C#N)[C@H](c3ccccc3F)CC(=O)N2)cc1. The number of hydrogen-bond donors (Lipinski definition) is 2. The van der Waals surface area contributed by atoms with Crippen molar-refractivity contribution in [1.82, 2.24) is 10.6 Å². The van der Waals surface area contributed by atoms with Crippen molar-refractivity contribution in [2.24, 2.45) is 0 Å². The van der Waals surface area contributed by atoms with Crippen LogP contribution in [0.15, 0.2) is 59.1 Å². The maximum absolute atomic E-state index is 14.2. The first-order valence-electron chi connectivity index (χ1n) is 9.72. The van der Waals surface area contributed by atoms with Crippen LogP contribution in [0.2, 0.25) is 0 Å². The van der Waals surface area contributed by atoms with Gasteiger partial charge in [-0.3, -0.25) is 9.59 Å². The lowest BCUT2D eigenvalue weighted by Gasteiger charge is -2.25. The number of thioether (sulfide) groups is 1. The normalized spacial score (nSPS) is 15.8. The maximum atomic E-state index is 14.2. The highest BCUT2D eigenvalue weighted by Gasteiger charge is 2.31. The molecule has 160 valence electrons. The summed E-state index contributed by atoms with van der Waals surface area (Å²) in [6, 6.07) is 15.8. The molecule has 1 atom stereocenters. The molecule has 2 amide bonds. The summed E-state index contributed by atoms with van der Waals surface area (Å²) in [6.45, 7) is 0.458. The lowest BCUT2D eigenvalue weighted by molar-refractivity contribution is -0.121. The highest BCUT2D eigenvalue weighted by molar-refractivity contribution is 8.03. The first kappa shape index (κ1) is 22.4. The van der Waals surface area contributed by atoms with Crippen LogP contribution < -0.4 is 15.4 Å². The predicted octanol–water partition coefficient (Wildman–Crippen LogP) is 3.27. The van der Waals surface area contributed by atoms with E-state index in [-0.39, 0.29) is 29.6 Å². The number of rotatable bonds is 8. The number of methoxy groups -OCH3 is 1. The molecule has 0 spiro atoms. The molecule has 1 aliphatic rings. The molecule has 31 heavy (non-hydrogen) atoms. The summed E-state index contributed by atoms with van der Waals surface area (Å²) in [6.07, 6.45) is 0.653. The summed E-state index contributed by atoms with van der Waals surface area (Å²) in [5.41, 5.74) is 1.63. The van der Waals surface area contributed by atoms with Gasteiger partial charge in [0.1, 0.15) is 11.6 Å². The van der Waals surface area contributed by atoms with Crippen molar-refractivity contribution >= 4 is 23.6 Å². The van der Waals surface area contributed by atoms with Crippen molar-refractivity contribution in [3.05, 3.63) is 76.1 Å². The number of carbonyl (C=O) groups excluding carboxylic acids is 2. The maximum Gasteiger partial charge on any atom is 0.230 e. The molecule has 2 aromatic rings. The van der Waals surface area contributed by atoms with E-state index in [1.54, 1.807) is 25.3 Å². The van der Waals surface area contributed by atoms with E-state index in [9.17, 15) is 19.2 Å². The second-order valence-corrected chi connectivity index (χ2v) is 7.90. The van der Waals surface area contributed by atoms with Gasteiger partial charge in [-0.15, -0.1) is 0 Å². The highest BCUT2D eigenvalue weighted by Crippen LogP contribution is 2.36. The third-order valence-electron chi connectivity index (χ3n) is 4.88. The van der Waals surface area contributed by atoms with E-state index in [0.717, 1.165) is 23.1 Å². The van der Waals surface area contributed by atoms with Crippen molar-refractivity contribution in [3.8, 4) is 11.8 Å². The number of hydrogen-bond acceptors (Lipinski definition) is 5. The zero-order valence-electron chi connectivity index (χ0n) is 17.0. The summed E-state index contributed by atoms with van der Waals surface area (Å²) in [7, 11) is 1.60. The smallest absolute Gasteiger partial charge is 0.230 e. The Bertz CT molecular complexity index is 1030. The standard InChI is InChI=1S/C23H22FN3O3S/c1-30-16-8-6-15(7-9-16)10-11-26-22(29)14-31-23-19(13-25)18(12-21(28)27-23)17-4-2-3-5-20(17)24/h2-9,18H,10-12,14H2,1H3,(H,26,29)(H,27,28)/t18-/m0/s1. The van der Waals surface area contributed by atoms with Crippen LogP contribution in [-0.4, -0.2) is 31.2 Å². The van der Waals surface area contributed by atoms with E-state index in [0.29, 0.717) is 23.6 Å². The number of ether oxygens (including phenoxy) is 1. The average Bonchev–Trinajstić information content (AvgIpc) is 2.78. The molecule has 8 heteroatoms. The Morgan fingerprint density at radius 1 is 1.29 bits per heavy atom. The number of benzene rings is 2. The number of halogens is 1. The van der Waals surface area contributed by atoms with Gasteiger partial charge in [0.2, 0.25) is 11.8 Å². The van der Waals surface area contributed by atoms with Crippen LogP contribution in [0.4, 0.5) is 4.39 Å². The van der Waals surface area contributed by atoms with Gasteiger partial charge in [0.05, 0.1) is 29.5 Å². The van der Waals surface area contributed by atoms with Crippen LogP contribution in [0, 0.1) is 17.1 Å². The first-order valence-corrected chi connectivity index (χ1v) is 10.7. The molecule has 0 saturated carbocycles. The molecule has 2 aromatic carbocycles. The molecule has 0 unspecified atom stereocenters. The van der Waals surface area contributed by atoms with Gasteiger partial charge < -0.3 is 15.4 Å². The fourth-order valence-corrected chi connectivity index (χ4v) is 4.19. The topological polar surface area (TPSA) is 91.2 Å². The Balaban J connectivity index is 1.59. The van der Waals surface area contributed by atoms with E-state index in [1.165, 1.54) is 6.07 Å². The Morgan fingerprint density at radius 2 is 2.03 bits per heavy atom. The minimum Gasteiger partial charge on any atom is -0.497 e. The van der Waals surface area contributed by atoms with Crippen LogP contribution in [0.5, 0.6) is 5.75 Å². The quantitative estimate of drug-likeness (QED) is 0.659. The van der Waals surface area contributed by atoms with Crippen molar-refractivity contribution in [2.75, 3.05) is 19.4 Å². The molecule has 3 rings (SSSR count).